The van der Waals surface area contributed by atoms with Gasteiger partial charge >= 0.3 is 0 Å². The maximum Gasteiger partial charge on any atom is 0.128 e. The predicted octanol–water partition coefficient (Wildman–Crippen LogP) is 5.64. The van der Waals surface area contributed by atoms with E-state index >= 15 is 0 Å². The summed E-state index contributed by atoms with van der Waals surface area (Å²) in [6.07, 6.45) is 0. The first-order valence-corrected chi connectivity index (χ1v) is 7.26. The number of alkyl halides is 1. The van der Waals surface area contributed by atoms with E-state index in [1.807, 2.05) is 0 Å². The summed E-state index contributed by atoms with van der Waals surface area (Å²) >= 11 is 3.56. The molecular formula is C15H21BrF2. The van der Waals surface area contributed by atoms with Crippen molar-refractivity contribution in [1.82, 2.24) is 0 Å². The molecule has 1 rings (SSSR count). The van der Waals surface area contributed by atoms with Gasteiger partial charge in [0.2, 0.25) is 0 Å². The Bertz CT molecular complexity index is 405. The minimum absolute atomic E-state index is 0.160. The second-order valence-electron chi connectivity index (χ2n) is 5.59. The molecule has 0 bridgehead atoms. The molecule has 0 N–H and O–H groups in total. The monoisotopic (exact) mass is 318 g/mol. The van der Waals surface area contributed by atoms with Crippen LogP contribution in [0.25, 0.3) is 0 Å². The van der Waals surface area contributed by atoms with Gasteiger partial charge in [0.25, 0.3) is 0 Å². The van der Waals surface area contributed by atoms with Gasteiger partial charge in [-0.05, 0) is 42.4 Å². The normalized spacial score (nSPS) is 13.7. The first kappa shape index (κ1) is 15.6. The van der Waals surface area contributed by atoms with Gasteiger partial charge in [-0.2, -0.15) is 0 Å². The third-order valence-electron chi connectivity index (χ3n) is 3.45. The van der Waals surface area contributed by atoms with Crippen molar-refractivity contribution in [2.75, 3.05) is 0 Å². The Labute approximate surface area is 117 Å². The number of hydrogen-bond acceptors (Lipinski definition) is 0. The zero-order valence-electron chi connectivity index (χ0n) is 11.6. The molecule has 1 aromatic carbocycles. The average Bonchev–Trinajstić information content (AvgIpc) is 2.22. The minimum Gasteiger partial charge on any atom is -0.207 e. The van der Waals surface area contributed by atoms with E-state index in [2.05, 4.69) is 43.6 Å². The van der Waals surface area contributed by atoms with Crippen LogP contribution < -0.4 is 0 Å². The number of rotatable bonds is 4. The SMILES string of the molecule is Cc1cc(F)c(C(Br)C(C(C)C)C(C)C)cc1F. The molecule has 1 aromatic rings. The Kier molecular flexibility index (Phi) is 5.32. The van der Waals surface area contributed by atoms with Crippen LogP contribution in [0.15, 0.2) is 12.1 Å². The van der Waals surface area contributed by atoms with E-state index in [-0.39, 0.29) is 22.4 Å². The highest BCUT2D eigenvalue weighted by Crippen LogP contribution is 2.41. The number of aryl methyl sites for hydroxylation is 1. The fourth-order valence-electron chi connectivity index (χ4n) is 2.53. The molecule has 1 unspecified atom stereocenters. The van der Waals surface area contributed by atoms with Gasteiger partial charge in [-0.25, -0.2) is 8.78 Å². The zero-order chi connectivity index (χ0) is 14.0. The van der Waals surface area contributed by atoms with Crippen LogP contribution >= 0.6 is 15.9 Å². The van der Waals surface area contributed by atoms with E-state index in [0.29, 0.717) is 23.0 Å². The summed E-state index contributed by atoms with van der Waals surface area (Å²) in [5.41, 5.74) is 0.770. The van der Waals surface area contributed by atoms with Gasteiger partial charge in [0.15, 0.2) is 0 Å². The van der Waals surface area contributed by atoms with Gasteiger partial charge in [-0.1, -0.05) is 43.6 Å². The number of halogens is 3. The van der Waals surface area contributed by atoms with E-state index in [0.717, 1.165) is 0 Å². The summed E-state index contributed by atoms with van der Waals surface area (Å²) in [4.78, 5) is -0.160. The lowest BCUT2D eigenvalue weighted by Gasteiger charge is -2.30. The molecule has 3 heteroatoms. The lowest BCUT2D eigenvalue weighted by atomic mass is 9.80. The van der Waals surface area contributed by atoms with Gasteiger partial charge in [0.05, 0.1) is 0 Å². The minimum atomic E-state index is -0.345. The van der Waals surface area contributed by atoms with Crippen molar-refractivity contribution in [2.45, 2.75) is 39.4 Å². The molecule has 18 heavy (non-hydrogen) atoms. The molecule has 102 valence electrons. The van der Waals surface area contributed by atoms with Crippen LogP contribution in [0.1, 0.15) is 43.6 Å². The second-order valence-corrected chi connectivity index (χ2v) is 6.58. The average molecular weight is 319 g/mol. The predicted molar refractivity (Wildman–Crippen MR) is 75.9 cm³/mol. The van der Waals surface area contributed by atoms with E-state index < -0.39 is 0 Å². The van der Waals surface area contributed by atoms with Crippen LogP contribution in [0.5, 0.6) is 0 Å². The zero-order valence-corrected chi connectivity index (χ0v) is 13.2. The molecular weight excluding hydrogens is 298 g/mol. The van der Waals surface area contributed by atoms with Crippen LogP contribution in [0.3, 0.4) is 0 Å². The summed E-state index contributed by atoms with van der Waals surface area (Å²) in [5, 5.41) is 0. The van der Waals surface area contributed by atoms with Crippen molar-refractivity contribution < 1.29 is 8.78 Å². The highest BCUT2D eigenvalue weighted by Gasteiger charge is 2.29. The summed E-state index contributed by atoms with van der Waals surface area (Å²) in [6.45, 7) is 10.0. The number of benzene rings is 1. The maximum atomic E-state index is 14.0. The Balaban J connectivity index is 3.16. The first-order valence-electron chi connectivity index (χ1n) is 6.35. The van der Waals surface area contributed by atoms with Gasteiger partial charge in [0, 0.05) is 10.4 Å². The van der Waals surface area contributed by atoms with Crippen LogP contribution in [-0.4, -0.2) is 0 Å². The molecule has 0 nitrogen and oxygen atoms in total. The van der Waals surface area contributed by atoms with Crippen LogP contribution in [0, 0.1) is 36.3 Å². The highest BCUT2D eigenvalue weighted by molar-refractivity contribution is 9.09. The molecule has 0 aliphatic heterocycles. The van der Waals surface area contributed by atoms with Crippen molar-refractivity contribution in [3.05, 3.63) is 34.9 Å². The topological polar surface area (TPSA) is 0 Å². The van der Waals surface area contributed by atoms with E-state index in [4.69, 9.17) is 0 Å². The quantitative estimate of drug-likeness (QED) is 0.630. The van der Waals surface area contributed by atoms with Gasteiger partial charge in [0.1, 0.15) is 11.6 Å². The van der Waals surface area contributed by atoms with Gasteiger partial charge in [-0.3, -0.25) is 0 Å². The third kappa shape index (κ3) is 3.31. The molecule has 0 saturated carbocycles. The molecule has 0 spiro atoms. The Morgan fingerprint density at radius 1 is 0.944 bits per heavy atom. The first-order chi connectivity index (χ1) is 8.25. The second kappa shape index (κ2) is 6.14. The molecule has 1 atom stereocenters. The Morgan fingerprint density at radius 2 is 1.44 bits per heavy atom. The van der Waals surface area contributed by atoms with Crippen molar-refractivity contribution in [2.24, 2.45) is 17.8 Å². The summed E-state index contributed by atoms with van der Waals surface area (Å²) < 4.78 is 27.6. The number of hydrogen-bond donors (Lipinski definition) is 0. The van der Waals surface area contributed by atoms with E-state index in [1.165, 1.54) is 12.1 Å². The summed E-state index contributed by atoms with van der Waals surface area (Å²) in [6, 6.07) is 2.60. The standard InChI is InChI=1S/C15H21BrF2/c1-8(2)14(9(3)4)15(16)11-7-12(17)10(5)6-13(11)18/h6-9,14-15H,1-5H3. The summed E-state index contributed by atoms with van der Waals surface area (Å²) in [7, 11) is 0. The fourth-order valence-corrected chi connectivity index (χ4v) is 4.10. The molecule has 0 fully saturated rings. The van der Waals surface area contributed by atoms with Gasteiger partial charge < -0.3 is 0 Å². The van der Waals surface area contributed by atoms with Crippen molar-refractivity contribution in [1.29, 1.82) is 0 Å². The molecule has 0 aromatic heterocycles. The van der Waals surface area contributed by atoms with Gasteiger partial charge in [-0.15, -0.1) is 0 Å². The highest BCUT2D eigenvalue weighted by atomic mass is 79.9. The Morgan fingerprint density at radius 3 is 1.89 bits per heavy atom. The smallest absolute Gasteiger partial charge is 0.128 e. The molecule has 0 saturated heterocycles. The third-order valence-corrected chi connectivity index (χ3v) is 4.56. The lowest BCUT2D eigenvalue weighted by Crippen LogP contribution is -2.21. The summed E-state index contributed by atoms with van der Waals surface area (Å²) in [5.74, 6) is 0.391. The molecule has 0 aliphatic rings. The van der Waals surface area contributed by atoms with Crippen LogP contribution in [0.4, 0.5) is 8.78 Å². The van der Waals surface area contributed by atoms with E-state index in [9.17, 15) is 8.78 Å². The fraction of sp³-hybridized carbons (Fsp3) is 0.600. The Hall–Kier alpha value is -0.440. The molecule has 0 radical (unpaired) electrons. The largest absolute Gasteiger partial charge is 0.207 e. The molecule has 0 aliphatic carbocycles. The van der Waals surface area contributed by atoms with Crippen LogP contribution in [0.2, 0.25) is 0 Å². The van der Waals surface area contributed by atoms with Crippen molar-refractivity contribution >= 4 is 15.9 Å². The van der Waals surface area contributed by atoms with Crippen molar-refractivity contribution in [3.63, 3.8) is 0 Å². The maximum absolute atomic E-state index is 14.0. The van der Waals surface area contributed by atoms with E-state index in [1.54, 1.807) is 6.92 Å². The van der Waals surface area contributed by atoms with Crippen molar-refractivity contribution in [3.8, 4) is 0 Å². The molecule has 0 heterocycles. The lowest BCUT2D eigenvalue weighted by molar-refractivity contribution is 0.281. The van der Waals surface area contributed by atoms with Crippen LogP contribution in [-0.2, 0) is 0 Å². The molecule has 0 amide bonds.